The second-order valence-corrected chi connectivity index (χ2v) is 12.2. The molecule has 0 aromatic rings. The van der Waals surface area contributed by atoms with Gasteiger partial charge in [-0.2, -0.15) is 0 Å². The van der Waals surface area contributed by atoms with Gasteiger partial charge in [-0.3, -0.25) is 4.90 Å². The number of rotatable bonds is 9. The van der Waals surface area contributed by atoms with E-state index in [-0.39, 0.29) is 0 Å². The van der Waals surface area contributed by atoms with Gasteiger partial charge in [-0.25, -0.2) is 0 Å². The Morgan fingerprint density at radius 2 is 1.69 bits per heavy atom. The van der Waals surface area contributed by atoms with Crippen molar-refractivity contribution >= 4 is 0 Å². The average molecular weight is 408 g/mol. The molecule has 2 unspecified atom stereocenters. The van der Waals surface area contributed by atoms with Crippen molar-refractivity contribution in [3.63, 3.8) is 0 Å². The molecule has 2 fully saturated rings. The highest BCUT2D eigenvalue weighted by Gasteiger charge is 2.38. The summed E-state index contributed by atoms with van der Waals surface area (Å²) in [5.41, 5.74) is 0.887. The maximum absolute atomic E-state index is 2.88. The number of hydrogen-bond donors (Lipinski definition) is 0. The number of nitrogens with zero attached hydrogens (tertiary/aromatic N) is 3. The van der Waals surface area contributed by atoms with Crippen molar-refractivity contribution in [2.24, 2.45) is 11.3 Å². The van der Waals surface area contributed by atoms with E-state index in [9.17, 15) is 0 Å². The molecule has 3 nitrogen and oxygen atoms in total. The van der Waals surface area contributed by atoms with Gasteiger partial charge in [-0.15, -0.1) is 0 Å². The van der Waals surface area contributed by atoms with Crippen LogP contribution < -0.4 is 0 Å². The van der Waals surface area contributed by atoms with Gasteiger partial charge in [0.05, 0.1) is 0 Å². The highest BCUT2D eigenvalue weighted by atomic mass is 15.2. The van der Waals surface area contributed by atoms with Crippen molar-refractivity contribution in [3.05, 3.63) is 0 Å². The third-order valence-electron chi connectivity index (χ3n) is 7.86. The van der Waals surface area contributed by atoms with Crippen LogP contribution in [0, 0.1) is 11.3 Å². The number of hydrogen-bond acceptors (Lipinski definition) is 3. The van der Waals surface area contributed by atoms with Crippen LogP contribution in [0.25, 0.3) is 0 Å². The fourth-order valence-corrected chi connectivity index (χ4v) is 5.83. The summed E-state index contributed by atoms with van der Waals surface area (Å²) in [7, 11) is 4.71. The summed E-state index contributed by atoms with van der Waals surface area (Å²) >= 11 is 0. The SMILES string of the molecule is CC(C)CC1(N(C)CCC(C)N2CCCCC2CCC(C)(C)C)CCN(C)CC1. The van der Waals surface area contributed by atoms with Crippen LogP contribution in [0.3, 0.4) is 0 Å². The van der Waals surface area contributed by atoms with E-state index in [1.54, 1.807) is 0 Å². The van der Waals surface area contributed by atoms with E-state index in [2.05, 4.69) is 70.3 Å². The highest BCUT2D eigenvalue weighted by Crippen LogP contribution is 2.35. The van der Waals surface area contributed by atoms with Crippen molar-refractivity contribution in [2.75, 3.05) is 40.3 Å². The average Bonchev–Trinajstić information content (AvgIpc) is 2.65. The quantitative estimate of drug-likeness (QED) is 0.472. The maximum atomic E-state index is 2.88. The van der Waals surface area contributed by atoms with Gasteiger partial charge in [0, 0.05) is 17.6 Å². The monoisotopic (exact) mass is 407 g/mol. The summed E-state index contributed by atoms with van der Waals surface area (Å²) in [5.74, 6) is 0.780. The van der Waals surface area contributed by atoms with Gasteiger partial charge < -0.3 is 9.80 Å². The molecule has 0 N–H and O–H groups in total. The van der Waals surface area contributed by atoms with Gasteiger partial charge in [0.25, 0.3) is 0 Å². The van der Waals surface area contributed by atoms with E-state index in [1.165, 1.54) is 84.0 Å². The lowest BCUT2D eigenvalue weighted by atomic mass is 9.79. The van der Waals surface area contributed by atoms with E-state index >= 15 is 0 Å². The molecule has 0 saturated carbocycles. The number of piperidine rings is 2. The molecule has 2 atom stereocenters. The van der Waals surface area contributed by atoms with Crippen molar-refractivity contribution in [3.8, 4) is 0 Å². The largest absolute Gasteiger partial charge is 0.306 e. The summed E-state index contributed by atoms with van der Waals surface area (Å²) < 4.78 is 0. The molecule has 29 heavy (non-hydrogen) atoms. The van der Waals surface area contributed by atoms with Gasteiger partial charge in [0.1, 0.15) is 0 Å². The first-order valence-corrected chi connectivity index (χ1v) is 12.7. The van der Waals surface area contributed by atoms with Crippen molar-refractivity contribution < 1.29 is 0 Å². The zero-order valence-corrected chi connectivity index (χ0v) is 21.3. The Hall–Kier alpha value is -0.120. The van der Waals surface area contributed by atoms with Crippen molar-refractivity contribution in [1.82, 2.24) is 14.7 Å². The summed E-state index contributed by atoms with van der Waals surface area (Å²) in [6.45, 7) is 19.6. The predicted octanol–water partition coefficient (Wildman–Crippen LogP) is 5.89. The van der Waals surface area contributed by atoms with E-state index in [1.807, 2.05) is 0 Å². The zero-order chi connectivity index (χ0) is 21.7. The van der Waals surface area contributed by atoms with Crippen LogP contribution in [-0.4, -0.2) is 72.6 Å². The molecule has 0 spiro atoms. The molecular weight excluding hydrogens is 354 g/mol. The molecule has 3 heteroatoms. The van der Waals surface area contributed by atoms with Gasteiger partial charge in [-0.05, 0) is 110 Å². The predicted molar refractivity (Wildman–Crippen MR) is 129 cm³/mol. The summed E-state index contributed by atoms with van der Waals surface area (Å²) in [4.78, 5) is 8.17. The first-order chi connectivity index (χ1) is 13.5. The molecular formula is C26H53N3. The minimum Gasteiger partial charge on any atom is -0.306 e. The Morgan fingerprint density at radius 3 is 2.28 bits per heavy atom. The topological polar surface area (TPSA) is 9.72 Å². The lowest BCUT2D eigenvalue weighted by Gasteiger charge is -2.49. The maximum Gasteiger partial charge on any atom is 0.0233 e. The molecule has 172 valence electrons. The summed E-state index contributed by atoms with van der Waals surface area (Å²) in [5, 5.41) is 0. The Balaban J connectivity index is 1.93. The first kappa shape index (κ1) is 25.1. The van der Waals surface area contributed by atoms with Crippen molar-refractivity contribution in [1.29, 1.82) is 0 Å². The van der Waals surface area contributed by atoms with Gasteiger partial charge in [0.2, 0.25) is 0 Å². The van der Waals surface area contributed by atoms with Crippen molar-refractivity contribution in [2.45, 2.75) is 117 Å². The first-order valence-electron chi connectivity index (χ1n) is 12.7. The third kappa shape index (κ3) is 7.82. The van der Waals surface area contributed by atoms with Crippen LogP contribution in [-0.2, 0) is 0 Å². The molecule has 0 aromatic heterocycles. The normalized spacial score (nSPS) is 25.7. The Labute approximate surface area is 183 Å². The molecule has 0 aliphatic carbocycles. The van der Waals surface area contributed by atoms with E-state index in [4.69, 9.17) is 0 Å². The van der Waals surface area contributed by atoms with Crippen LogP contribution in [0.5, 0.6) is 0 Å². The lowest BCUT2D eigenvalue weighted by Crippen LogP contribution is -2.55. The van der Waals surface area contributed by atoms with Gasteiger partial charge in [0.15, 0.2) is 0 Å². The molecule has 0 amide bonds. The Bertz CT molecular complexity index is 459. The summed E-state index contributed by atoms with van der Waals surface area (Å²) in [6, 6.07) is 1.53. The fourth-order valence-electron chi connectivity index (χ4n) is 5.83. The number of likely N-dealkylation sites (tertiary alicyclic amines) is 2. The Morgan fingerprint density at radius 1 is 1.03 bits per heavy atom. The fraction of sp³-hybridized carbons (Fsp3) is 1.00. The van der Waals surface area contributed by atoms with E-state index in [0.717, 1.165) is 12.0 Å². The molecule has 2 aliphatic heterocycles. The Kier molecular flexibility index (Phi) is 9.50. The third-order valence-corrected chi connectivity index (χ3v) is 7.86. The van der Waals surface area contributed by atoms with Crippen LogP contribution in [0.15, 0.2) is 0 Å². The lowest BCUT2D eigenvalue weighted by molar-refractivity contribution is 0.0183. The van der Waals surface area contributed by atoms with Gasteiger partial charge >= 0.3 is 0 Å². The van der Waals surface area contributed by atoms with Gasteiger partial charge in [-0.1, -0.05) is 41.0 Å². The molecule has 0 radical (unpaired) electrons. The van der Waals surface area contributed by atoms with E-state index < -0.39 is 0 Å². The summed E-state index contributed by atoms with van der Waals surface area (Å²) in [6.07, 6.45) is 12.3. The minimum absolute atomic E-state index is 0.425. The standard InChI is InChI=1S/C26H53N3/c1-22(2)21-26(15-19-27(7)20-16-26)28(8)18-13-23(3)29-17-10-9-11-24(29)12-14-25(4,5)6/h22-24H,9-21H2,1-8H3. The highest BCUT2D eigenvalue weighted by molar-refractivity contribution is 4.95. The minimum atomic E-state index is 0.425. The molecule has 0 aromatic carbocycles. The molecule has 2 rings (SSSR count). The van der Waals surface area contributed by atoms with Crippen LogP contribution in [0.2, 0.25) is 0 Å². The van der Waals surface area contributed by atoms with E-state index in [0.29, 0.717) is 17.0 Å². The van der Waals surface area contributed by atoms with Crippen LogP contribution >= 0.6 is 0 Å². The van der Waals surface area contributed by atoms with Crippen LogP contribution in [0.1, 0.15) is 99.3 Å². The zero-order valence-electron chi connectivity index (χ0n) is 21.3. The van der Waals surface area contributed by atoms with Crippen LogP contribution in [0.4, 0.5) is 0 Å². The molecule has 2 aliphatic rings. The second kappa shape index (κ2) is 11.0. The molecule has 0 bridgehead atoms. The molecule has 2 heterocycles. The second-order valence-electron chi connectivity index (χ2n) is 12.2. The smallest absolute Gasteiger partial charge is 0.0233 e. The molecule has 2 saturated heterocycles.